The van der Waals surface area contributed by atoms with Crippen LogP contribution in [0.3, 0.4) is 0 Å². The monoisotopic (exact) mass is 374 g/mol. The first-order chi connectivity index (χ1) is 13.2. The highest BCUT2D eigenvalue weighted by atomic mass is 32.1. The third kappa shape index (κ3) is 3.68. The van der Waals surface area contributed by atoms with Crippen LogP contribution in [0.5, 0.6) is 11.5 Å². The van der Waals surface area contributed by atoms with Gasteiger partial charge in [-0.2, -0.15) is 0 Å². The summed E-state index contributed by atoms with van der Waals surface area (Å²) in [6.45, 7) is 2.38. The summed E-state index contributed by atoms with van der Waals surface area (Å²) in [4.78, 5) is 9.14. The lowest BCUT2D eigenvalue weighted by molar-refractivity contribution is 0.318. The molecular weight excluding hydrogens is 356 g/mol. The zero-order chi connectivity index (χ0) is 18.6. The Morgan fingerprint density at radius 3 is 2.63 bits per heavy atom. The van der Waals surface area contributed by atoms with E-state index in [0.717, 1.165) is 21.8 Å². The highest BCUT2D eigenvalue weighted by Gasteiger charge is 2.07. The average molecular weight is 374 g/mol. The predicted molar refractivity (Wildman–Crippen MR) is 112 cm³/mol. The number of hydrogen-bond acceptors (Lipinski definition) is 5. The van der Waals surface area contributed by atoms with Gasteiger partial charge in [0.05, 0.1) is 22.5 Å². The second-order valence-electron chi connectivity index (χ2n) is 5.92. The predicted octanol–water partition coefficient (Wildman–Crippen LogP) is 5.82. The number of benzene rings is 3. The Morgan fingerprint density at radius 2 is 1.85 bits per heavy atom. The lowest BCUT2D eigenvalue weighted by Gasteiger charge is -2.07. The van der Waals surface area contributed by atoms with Crippen molar-refractivity contribution in [1.82, 2.24) is 4.98 Å². The average Bonchev–Trinajstić information content (AvgIpc) is 3.13. The number of phenolic OH excluding ortho intramolecular Hbond substituents is 1. The topological polar surface area (TPSA) is 54.7 Å². The first-order valence-corrected chi connectivity index (χ1v) is 9.51. The number of para-hydroxylation sites is 2. The van der Waals surface area contributed by atoms with Crippen LogP contribution in [0.1, 0.15) is 12.5 Å². The molecule has 4 nitrogen and oxygen atoms in total. The van der Waals surface area contributed by atoms with E-state index in [-0.39, 0.29) is 5.75 Å². The third-order valence-corrected chi connectivity index (χ3v) is 5.18. The van der Waals surface area contributed by atoms with Gasteiger partial charge in [0.25, 0.3) is 0 Å². The molecule has 27 heavy (non-hydrogen) atoms. The maximum atomic E-state index is 10.2. The molecule has 0 aliphatic carbocycles. The maximum Gasteiger partial charge on any atom is 0.166 e. The van der Waals surface area contributed by atoms with Crippen LogP contribution in [0, 0.1) is 0 Å². The van der Waals surface area contributed by atoms with Crippen molar-refractivity contribution in [3.05, 3.63) is 72.3 Å². The minimum absolute atomic E-state index is 0.106. The van der Waals surface area contributed by atoms with E-state index in [2.05, 4.69) is 16.0 Å². The van der Waals surface area contributed by atoms with Crippen LogP contribution in [-0.4, -0.2) is 22.9 Å². The molecule has 5 heteroatoms. The summed E-state index contributed by atoms with van der Waals surface area (Å²) in [5.41, 5.74) is 3.51. The number of hydrogen-bond donors (Lipinski definition) is 1. The molecule has 0 saturated carbocycles. The fraction of sp³-hybridized carbons (Fsp3) is 0.0909. The SMILES string of the molecule is CCOc1cccc(C=Nc2ccc(-c3nc4ccccc4s3)cc2)c1O. The van der Waals surface area contributed by atoms with Gasteiger partial charge in [0, 0.05) is 17.3 Å². The Balaban J connectivity index is 1.56. The maximum absolute atomic E-state index is 10.2. The van der Waals surface area contributed by atoms with Crippen molar-refractivity contribution in [1.29, 1.82) is 0 Å². The highest BCUT2D eigenvalue weighted by Crippen LogP contribution is 2.31. The van der Waals surface area contributed by atoms with Gasteiger partial charge < -0.3 is 9.84 Å². The first kappa shape index (κ1) is 17.2. The summed E-state index contributed by atoms with van der Waals surface area (Å²) in [7, 11) is 0. The van der Waals surface area contributed by atoms with Crippen LogP contribution in [-0.2, 0) is 0 Å². The number of aromatic nitrogens is 1. The first-order valence-electron chi connectivity index (χ1n) is 8.69. The van der Waals surface area contributed by atoms with Crippen LogP contribution in [0.15, 0.2) is 71.7 Å². The van der Waals surface area contributed by atoms with Crippen molar-refractivity contribution in [2.45, 2.75) is 6.92 Å². The second-order valence-corrected chi connectivity index (χ2v) is 6.95. The van der Waals surface area contributed by atoms with Gasteiger partial charge in [-0.25, -0.2) is 4.98 Å². The Kier molecular flexibility index (Phi) is 4.85. The standard InChI is InChI=1S/C22H18N2O2S/c1-2-26-19-8-5-6-16(21(19)25)14-23-17-12-10-15(11-13-17)22-24-18-7-3-4-9-20(18)27-22/h3-14,25H,2H2,1H3. The number of aromatic hydroxyl groups is 1. The van der Waals surface area contributed by atoms with E-state index in [1.54, 1.807) is 29.7 Å². The smallest absolute Gasteiger partial charge is 0.166 e. The molecule has 0 atom stereocenters. The van der Waals surface area contributed by atoms with E-state index < -0.39 is 0 Å². The van der Waals surface area contributed by atoms with Crippen molar-refractivity contribution in [3.8, 4) is 22.1 Å². The molecule has 0 saturated heterocycles. The summed E-state index contributed by atoms with van der Waals surface area (Å²) < 4.78 is 6.58. The van der Waals surface area contributed by atoms with Gasteiger partial charge in [-0.05, 0) is 55.5 Å². The number of ether oxygens (including phenoxy) is 1. The van der Waals surface area contributed by atoms with Crippen LogP contribution < -0.4 is 4.74 Å². The molecule has 0 spiro atoms. The number of aliphatic imine (C=N–C) groups is 1. The summed E-state index contributed by atoms with van der Waals surface area (Å²) in [5, 5.41) is 11.2. The molecule has 0 aliphatic rings. The van der Waals surface area contributed by atoms with Crippen molar-refractivity contribution in [3.63, 3.8) is 0 Å². The lowest BCUT2D eigenvalue weighted by Crippen LogP contribution is -1.93. The van der Waals surface area contributed by atoms with E-state index in [0.29, 0.717) is 17.9 Å². The molecule has 0 bridgehead atoms. The molecule has 4 aromatic rings. The van der Waals surface area contributed by atoms with Gasteiger partial charge in [-0.1, -0.05) is 18.2 Å². The van der Waals surface area contributed by atoms with Gasteiger partial charge in [0.15, 0.2) is 11.5 Å². The molecule has 1 heterocycles. The van der Waals surface area contributed by atoms with Gasteiger partial charge in [0.1, 0.15) is 5.01 Å². The summed E-state index contributed by atoms with van der Waals surface area (Å²) in [6.07, 6.45) is 1.64. The molecule has 0 fully saturated rings. The quantitative estimate of drug-likeness (QED) is 0.448. The Bertz CT molecular complexity index is 1070. The van der Waals surface area contributed by atoms with E-state index in [4.69, 9.17) is 4.74 Å². The van der Waals surface area contributed by atoms with Crippen LogP contribution >= 0.6 is 11.3 Å². The molecule has 0 aliphatic heterocycles. The van der Waals surface area contributed by atoms with Crippen molar-refractivity contribution < 1.29 is 9.84 Å². The highest BCUT2D eigenvalue weighted by molar-refractivity contribution is 7.21. The Hall–Kier alpha value is -3.18. The van der Waals surface area contributed by atoms with Crippen LogP contribution in [0.2, 0.25) is 0 Å². The molecule has 1 aromatic heterocycles. The van der Waals surface area contributed by atoms with E-state index in [1.165, 1.54) is 4.70 Å². The number of nitrogens with zero attached hydrogens (tertiary/aromatic N) is 2. The molecule has 0 unspecified atom stereocenters. The molecule has 0 amide bonds. The molecule has 134 valence electrons. The number of phenols is 1. The van der Waals surface area contributed by atoms with Crippen molar-refractivity contribution in [2.75, 3.05) is 6.61 Å². The summed E-state index contributed by atoms with van der Waals surface area (Å²) >= 11 is 1.68. The van der Waals surface area contributed by atoms with Crippen molar-refractivity contribution >= 4 is 33.5 Å². The molecule has 0 radical (unpaired) electrons. The van der Waals surface area contributed by atoms with Gasteiger partial charge in [0.2, 0.25) is 0 Å². The minimum Gasteiger partial charge on any atom is -0.504 e. The number of fused-ring (bicyclic) bond motifs is 1. The van der Waals surface area contributed by atoms with Gasteiger partial charge in [-0.3, -0.25) is 4.99 Å². The van der Waals surface area contributed by atoms with Gasteiger partial charge in [-0.15, -0.1) is 11.3 Å². The molecule has 1 N–H and O–H groups in total. The summed E-state index contributed by atoms with van der Waals surface area (Å²) in [5.74, 6) is 0.571. The Morgan fingerprint density at radius 1 is 1.04 bits per heavy atom. The molecular formula is C22H18N2O2S. The Labute approximate surface area is 161 Å². The van der Waals surface area contributed by atoms with Crippen molar-refractivity contribution in [2.24, 2.45) is 4.99 Å². The van der Waals surface area contributed by atoms with Gasteiger partial charge >= 0.3 is 0 Å². The second kappa shape index (κ2) is 7.60. The normalized spacial score (nSPS) is 11.3. The zero-order valence-corrected chi connectivity index (χ0v) is 15.6. The summed E-state index contributed by atoms with van der Waals surface area (Å²) in [6, 6.07) is 21.4. The largest absolute Gasteiger partial charge is 0.504 e. The number of rotatable bonds is 5. The fourth-order valence-corrected chi connectivity index (χ4v) is 3.72. The third-order valence-electron chi connectivity index (χ3n) is 4.09. The fourth-order valence-electron chi connectivity index (χ4n) is 2.75. The molecule has 3 aromatic carbocycles. The zero-order valence-electron chi connectivity index (χ0n) is 14.8. The van der Waals surface area contributed by atoms with E-state index >= 15 is 0 Å². The molecule has 4 rings (SSSR count). The van der Waals surface area contributed by atoms with E-state index in [9.17, 15) is 5.11 Å². The van der Waals surface area contributed by atoms with E-state index in [1.807, 2.05) is 55.5 Å². The minimum atomic E-state index is 0.106. The van der Waals surface area contributed by atoms with Crippen LogP contribution in [0.25, 0.3) is 20.8 Å². The number of thiazole rings is 1. The van der Waals surface area contributed by atoms with Crippen LogP contribution in [0.4, 0.5) is 5.69 Å². The lowest BCUT2D eigenvalue weighted by atomic mass is 10.2.